The zero-order chi connectivity index (χ0) is 24.8. The third-order valence-corrected chi connectivity index (χ3v) is 6.36. The number of carbonyl (C=O) groups excluding carboxylic acids is 2. The van der Waals surface area contributed by atoms with Gasteiger partial charge in [-0.05, 0) is 31.5 Å². The smallest absolute Gasteiger partial charge is 0.244 e. The van der Waals surface area contributed by atoms with Gasteiger partial charge in [0.2, 0.25) is 21.8 Å². The zero-order valence-electron chi connectivity index (χ0n) is 19.8. The van der Waals surface area contributed by atoms with Crippen LogP contribution >= 0.6 is 0 Å². The summed E-state index contributed by atoms with van der Waals surface area (Å²) in [7, 11) is 0.561. The van der Waals surface area contributed by atoms with Gasteiger partial charge in [0, 0.05) is 19.7 Å². The van der Waals surface area contributed by atoms with Gasteiger partial charge < -0.3 is 19.7 Å². The van der Waals surface area contributed by atoms with Gasteiger partial charge in [-0.25, -0.2) is 8.42 Å². The van der Waals surface area contributed by atoms with Crippen LogP contribution in [0.4, 0.5) is 5.69 Å². The number of carbonyl (C=O) groups is 2. The lowest BCUT2D eigenvalue weighted by Crippen LogP contribution is -2.50. The minimum Gasteiger partial charge on any atom is -0.493 e. The fourth-order valence-corrected chi connectivity index (χ4v) is 4.12. The van der Waals surface area contributed by atoms with Crippen LogP contribution in [0.2, 0.25) is 0 Å². The van der Waals surface area contributed by atoms with Crippen LogP contribution in [0.1, 0.15) is 18.1 Å². The molecule has 33 heavy (non-hydrogen) atoms. The van der Waals surface area contributed by atoms with E-state index >= 15 is 0 Å². The molecule has 0 saturated heterocycles. The van der Waals surface area contributed by atoms with E-state index in [9.17, 15) is 18.0 Å². The van der Waals surface area contributed by atoms with Crippen LogP contribution in [0.5, 0.6) is 11.5 Å². The Morgan fingerprint density at radius 1 is 1.03 bits per heavy atom. The highest BCUT2D eigenvalue weighted by molar-refractivity contribution is 7.92. The summed E-state index contributed by atoms with van der Waals surface area (Å²) in [6, 6.07) is 11.3. The number of hydrogen-bond acceptors (Lipinski definition) is 6. The van der Waals surface area contributed by atoms with E-state index in [2.05, 4.69) is 5.32 Å². The molecule has 0 aliphatic rings. The highest BCUT2D eigenvalue weighted by atomic mass is 32.2. The second-order valence-corrected chi connectivity index (χ2v) is 9.51. The van der Waals surface area contributed by atoms with Gasteiger partial charge in [0.1, 0.15) is 12.6 Å². The number of sulfonamides is 1. The molecule has 0 spiro atoms. The van der Waals surface area contributed by atoms with Crippen molar-refractivity contribution < 1.29 is 27.5 Å². The van der Waals surface area contributed by atoms with Gasteiger partial charge >= 0.3 is 0 Å². The summed E-state index contributed by atoms with van der Waals surface area (Å²) in [6.07, 6.45) is 1.02. The standard InChI is InChI=1S/C23H31N3O6S/c1-16-7-9-18(10-8-16)14-25(17(2)23(28)24-3)22(27)15-26(33(6,29)30)19-11-12-20(31-4)21(13-19)32-5/h7-13,17H,14-15H2,1-6H3,(H,24,28). The Labute approximate surface area is 195 Å². The predicted octanol–water partition coefficient (Wildman–Crippen LogP) is 1.94. The van der Waals surface area contributed by atoms with Crippen LogP contribution in [-0.2, 0) is 26.2 Å². The largest absolute Gasteiger partial charge is 0.493 e. The van der Waals surface area contributed by atoms with Crippen molar-refractivity contribution in [3.63, 3.8) is 0 Å². The molecule has 0 saturated carbocycles. The summed E-state index contributed by atoms with van der Waals surface area (Å²) in [6.45, 7) is 3.22. The molecule has 0 fully saturated rings. The second kappa shape index (κ2) is 11.0. The van der Waals surface area contributed by atoms with Crippen molar-refractivity contribution in [2.45, 2.75) is 26.4 Å². The minimum absolute atomic E-state index is 0.150. The van der Waals surface area contributed by atoms with E-state index < -0.39 is 28.5 Å². The number of amides is 2. The molecule has 10 heteroatoms. The number of rotatable bonds is 10. The molecule has 1 unspecified atom stereocenters. The van der Waals surface area contributed by atoms with Gasteiger partial charge in [0.05, 0.1) is 26.2 Å². The number of nitrogens with zero attached hydrogens (tertiary/aromatic N) is 2. The molecule has 1 atom stereocenters. The minimum atomic E-state index is -3.83. The SMILES string of the molecule is CNC(=O)C(C)N(Cc1ccc(C)cc1)C(=O)CN(c1ccc(OC)c(OC)c1)S(C)(=O)=O. The van der Waals surface area contributed by atoms with Gasteiger partial charge in [-0.15, -0.1) is 0 Å². The maximum absolute atomic E-state index is 13.4. The van der Waals surface area contributed by atoms with Crippen LogP contribution in [0.15, 0.2) is 42.5 Å². The van der Waals surface area contributed by atoms with Crippen LogP contribution in [-0.4, -0.2) is 65.2 Å². The summed E-state index contributed by atoms with van der Waals surface area (Å²) in [5, 5.41) is 2.54. The van der Waals surface area contributed by atoms with Crippen LogP contribution in [0.3, 0.4) is 0 Å². The Kier molecular flexibility index (Phi) is 8.69. The van der Waals surface area contributed by atoms with Crippen LogP contribution in [0.25, 0.3) is 0 Å². The number of ether oxygens (including phenoxy) is 2. The average Bonchev–Trinajstić information content (AvgIpc) is 2.79. The first kappa shape index (κ1) is 26.0. The zero-order valence-corrected chi connectivity index (χ0v) is 20.6. The van der Waals surface area contributed by atoms with Crippen LogP contribution in [0, 0.1) is 6.92 Å². The van der Waals surface area contributed by atoms with Gasteiger partial charge in [0.25, 0.3) is 0 Å². The van der Waals surface area contributed by atoms with E-state index in [4.69, 9.17) is 9.47 Å². The highest BCUT2D eigenvalue weighted by Crippen LogP contribution is 2.32. The first-order valence-electron chi connectivity index (χ1n) is 10.3. The number of hydrogen-bond donors (Lipinski definition) is 1. The van der Waals surface area contributed by atoms with Crippen LogP contribution < -0.4 is 19.1 Å². The quantitative estimate of drug-likeness (QED) is 0.561. The van der Waals surface area contributed by atoms with Gasteiger partial charge in [-0.3, -0.25) is 13.9 Å². The Hall–Kier alpha value is -3.27. The molecule has 2 aromatic rings. The van der Waals surface area contributed by atoms with E-state index in [1.807, 2.05) is 31.2 Å². The Morgan fingerprint density at radius 3 is 2.15 bits per heavy atom. The number of benzene rings is 2. The van der Waals surface area contributed by atoms with Crippen molar-refractivity contribution in [2.75, 3.05) is 38.4 Å². The lowest BCUT2D eigenvalue weighted by molar-refractivity contribution is -0.139. The first-order chi connectivity index (χ1) is 15.5. The predicted molar refractivity (Wildman–Crippen MR) is 127 cm³/mol. The summed E-state index contributed by atoms with van der Waals surface area (Å²) >= 11 is 0. The second-order valence-electron chi connectivity index (χ2n) is 7.61. The summed E-state index contributed by atoms with van der Waals surface area (Å²) in [4.78, 5) is 27.1. The summed E-state index contributed by atoms with van der Waals surface area (Å²) < 4.78 is 36.7. The fraction of sp³-hybridized carbons (Fsp3) is 0.391. The van der Waals surface area contributed by atoms with E-state index in [0.717, 1.165) is 21.7 Å². The number of aryl methyl sites for hydroxylation is 1. The maximum Gasteiger partial charge on any atom is 0.244 e. The topological polar surface area (TPSA) is 105 Å². The van der Waals surface area contributed by atoms with Crippen molar-refractivity contribution in [3.05, 3.63) is 53.6 Å². The molecule has 0 aromatic heterocycles. The highest BCUT2D eigenvalue weighted by Gasteiger charge is 2.30. The molecule has 1 N–H and O–H groups in total. The lowest BCUT2D eigenvalue weighted by atomic mass is 10.1. The third-order valence-electron chi connectivity index (χ3n) is 5.22. The maximum atomic E-state index is 13.4. The summed E-state index contributed by atoms with van der Waals surface area (Å²) in [5.41, 5.74) is 2.13. The van der Waals surface area contributed by atoms with E-state index in [-0.39, 0.29) is 18.1 Å². The molecule has 0 aliphatic heterocycles. The number of methoxy groups -OCH3 is 2. The molecular formula is C23H31N3O6S. The number of likely N-dealkylation sites (N-methyl/N-ethyl adjacent to an activating group) is 1. The molecule has 0 aliphatic carbocycles. The third kappa shape index (κ3) is 6.61. The Balaban J connectivity index is 2.42. The molecule has 2 aromatic carbocycles. The molecule has 0 heterocycles. The number of nitrogens with one attached hydrogen (secondary N) is 1. The molecule has 0 bridgehead atoms. The molecular weight excluding hydrogens is 446 g/mol. The molecule has 2 rings (SSSR count). The first-order valence-corrected chi connectivity index (χ1v) is 12.1. The molecule has 9 nitrogen and oxygen atoms in total. The lowest BCUT2D eigenvalue weighted by Gasteiger charge is -2.31. The van der Waals surface area contributed by atoms with Crippen molar-refractivity contribution >= 4 is 27.5 Å². The average molecular weight is 478 g/mol. The fourth-order valence-electron chi connectivity index (χ4n) is 3.28. The summed E-state index contributed by atoms with van der Waals surface area (Å²) in [5.74, 6) is -0.124. The number of anilines is 1. The monoisotopic (exact) mass is 477 g/mol. The van der Waals surface area contributed by atoms with E-state index in [0.29, 0.717) is 11.5 Å². The Morgan fingerprint density at radius 2 is 1.64 bits per heavy atom. The van der Waals surface area contributed by atoms with Crippen molar-refractivity contribution in [3.8, 4) is 11.5 Å². The molecule has 2 amide bonds. The molecule has 0 radical (unpaired) electrons. The van der Waals surface area contributed by atoms with E-state index in [1.54, 1.807) is 13.0 Å². The van der Waals surface area contributed by atoms with E-state index in [1.165, 1.54) is 38.3 Å². The van der Waals surface area contributed by atoms with Crippen molar-refractivity contribution in [1.82, 2.24) is 10.2 Å². The molecule has 180 valence electrons. The Bertz CT molecular complexity index is 1090. The van der Waals surface area contributed by atoms with Gasteiger partial charge in [-0.1, -0.05) is 29.8 Å². The van der Waals surface area contributed by atoms with Crippen molar-refractivity contribution in [2.24, 2.45) is 0 Å². The normalized spacial score (nSPS) is 11.9. The van der Waals surface area contributed by atoms with Gasteiger partial charge in [-0.2, -0.15) is 0 Å². The van der Waals surface area contributed by atoms with Gasteiger partial charge in [0.15, 0.2) is 11.5 Å². The van der Waals surface area contributed by atoms with Crippen molar-refractivity contribution in [1.29, 1.82) is 0 Å².